The number of aromatic nitrogens is 4. The van der Waals surface area contributed by atoms with Crippen LogP contribution in [0.4, 0.5) is 0 Å². The topological polar surface area (TPSA) is 54.8 Å². The van der Waals surface area contributed by atoms with Crippen LogP contribution in [0.15, 0.2) is 41.5 Å². The molecule has 3 aromatic rings. The Morgan fingerprint density at radius 2 is 2.05 bits per heavy atom. The summed E-state index contributed by atoms with van der Waals surface area (Å²) in [6.07, 6.45) is 1.60. The van der Waals surface area contributed by atoms with Crippen molar-refractivity contribution in [1.82, 2.24) is 14.9 Å². The molecular weight excluding hydrogens is 299 g/mol. The van der Waals surface area contributed by atoms with E-state index in [0.29, 0.717) is 17.2 Å². The Labute approximate surface area is 126 Å². The van der Waals surface area contributed by atoms with Crippen LogP contribution in [0.1, 0.15) is 11.3 Å². The second-order valence-electron chi connectivity index (χ2n) is 4.41. The predicted octanol–water partition coefficient (Wildman–Crippen LogP) is -1.68. The van der Waals surface area contributed by atoms with Gasteiger partial charge in [-0.05, 0) is 24.6 Å². The van der Waals surface area contributed by atoms with Gasteiger partial charge in [0, 0.05) is 21.9 Å². The van der Waals surface area contributed by atoms with Gasteiger partial charge >= 0.3 is 5.65 Å². The summed E-state index contributed by atoms with van der Waals surface area (Å²) >= 11 is 5.85. The van der Waals surface area contributed by atoms with E-state index in [0.717, 1.165) is 11.3 Å². The van der Waals surface area contributed by atoms with Gasteiger partial charge in [0.1, 0.15) is 6.54 Å². The first-order chi connectivity index (χ1) is 9.13. The van der Waals surface area contributed by atoms with Gasteiger partial charge in [-0.1, -0.05) is 28.4 Å². The minimum atomic E-state index is -0.0530. The van der Waals surface area contributed by atoms with Crippen molar-refractivity contribution in [3.8, 4) is 0 Å². The SMILES string of the molecule is Cc1cc(=O)c2n(Cc3ccc(Cl)cc3)nc[n+]2[nH]1.[Cl-]. The fourth-order valence-electron chi connectivity index (χ4n) is 2.04. The average Bonchev–Trinajstić information content (AvgIpc) is 2.75. The molecule has 0 aliphatic rings. The van der Waals surface area contributed by atoms with Crippen molar-refractivity contribution in [2.24, 2.45) is 0 Å². The summed E-state index contributed by atoms with van der Waals surface area (Å²) in [5.74, 6) is 0. The number of H-pyrrole nitrogens is 1. The lowest BCUT2D eigenvalue weighted by molar-refractivity contribution is -0.582. The third kappa shape index (κ3) is 2.69. The van der Waals surface area contributed by atoms with Gasteiger partial charge in [-0.3, -0.25) is 4.79 Å². The Balaban J connectivity index is 0.00000147. The van der Waals surface area contributed by atoms with E-state index < -0.39 is 0 Å². The van der Waals surface area contributed by atoms with Crippen LogP contribution in [0, 0.1) is 6.92 Å². The van der Waals surface area contributed by atoms with Gasteiger partial charge < -0.3 is 12.4 Å². The zero-order chi connectivity index (χ0) is 13.4. The highest BCUT2D eigenvalue weighted by Gasteiger charge is 2.16. The molecule has 0 fully saturated rings. The van der Waals surface area contributed by atoms with E-state index in [9.17, 15) is 4.79 Å². The van der Waals surface area contributed by atoms with Crippen LogP contribution < -0.4 is 22.4 Å². The minimum absolute atomic E-state index is 0. The van der Waals surface area contributed by atoms with Gasteiger partial charge in [0.15, 0.2) is 0 Å². The highest BCUT2D eigenvalue weighted by atomic mass is 35.5. The normalized spacial score (nSPS) is 10.5. The molecule has 1 N–H and O–H groups in total. The maximum atomic E-state index is 12.0. The molecule has 0 amide bonds. The molecule has 7 heteroatoms. The number of nitrogens with one attached hydrogen (secondary N) is 1. The lowest BCUT2D eigenvalue weighted by Crippen LogP contribution is -3.00. The zero-order valence-electron chi connectivity index (χ0n) is 10.7. The van der Waals surface area contributed by atoms with E-state index in [1.807, 2.05) is 31.2 Å². The van der Waals surface area contributed by atoms with Gasteiger partial charge in [0.2, 0.25) is 0 Å². The molecule has 0 unspecified atom stereocenters. The number of hydrogen-bond acceptors (Lipinski definition) is 2. The first-order valence-electron chi connectivity index (χ1n) is 5.85. The highest BCUT2D eigenvalue weighted by Crippen LogP contribution is 2.10. The summed E-state index contributed by atoms with van der Waals surface area (Å²) in [6, 6.07) is 9.05. The Bertz CT molecular complexity index is 792. The molecule has 5 nitrogen and oxygen atoms in total. The molecule has 0 aliphatic carbocycles. The van der Waals surface area contributed by atoms with Crippen molar-refractivity contribution in [1.29, 1.82) is 0 Å². The number of aryl methyl sites for hydroxylation is 1. The third-order valence-electron chi connectivity index (χ3n) is 2.89. The van der Waals surface area contributed by atoms with Crippen LogP contribution in [0.2, 0.25) is 5.02 Å². The monoisotopic (exact) mass is 310 g/mol. The number of nitrogens with zero attached hydrogens (tertiary/aromatic N) is 3. The molecule has 0 saturated carbocycles. The molecule has 1 aromatic carbocycles. The smallest absolute Gasteiger partial charge is 0.331 e. The third-order valence-corrected chi connectivity index (χ3v) is 3.14. The van der Waals surface area contributed by atoms with E-state index in [2.05, 4.69) is 10.2 Å². The highest BCUT2D eigenvalue weighted by molar-refractivity contribution is 6.30. The Morgan fingerprint density at radius 3 is 2.75 bits per heavy atom. The Kier molecular flexibility index (Phi) is 4.11. The second kappa shape index (κ2) is 5.64. The first-order valence-corrected chi connectivity index (χ1v) is 6.23. The Morgan fingerprint density at radius 1 is 1.35 bits per heavy atom. The number of hydrogen-bond donors (Lipinski definition) is 1. The quantitative estimate of drug-likeness (QED) is 0.575. The molecule has 0 spiro atoms. The fourth-order valence-corrected chi connectivity index (χ4v) is 2.16. The summed E-state index contributed by atoms with van der Waals surface area (Å²) in [6.45, 7) is 2.37. The molecule has 20 heavy (non-hydrogen) atoms. The molecule has 0 saturated heterocycles. The first kappa shape index (κ1) is 14.6. The van der Waals surface area contributed by atoms with Crippen LogP contribution in [0.3, 0.4) is 0 Å². The van der Waals surface area contributed by atoms with Gasteiger partial charge in [-0.2, -0.15) is 0 Å². The van der Waals surface area contributed by atoms with Crippen molar-refractivity contribution in [3.05, 3.63) is 63.2 Å². The number of rotatable bonds is 2. The second-order valence-corrected chi connectivity index (χ2v) is 4.85. The van der Waals surface area contributed by atoms with E-state index in [4.69, 9.17) is 11.6 Å². The van der Waals surface area contributed by atoms with Crippen LogP contribution in [-0.4, -0.2) is 14.9 Å². The van der Waals surface area contributed by atoms with E-state index in [1.165, 1.54) is 0 Å². The fraction of sp³-hybridized carbons (Fsp3) is 0.154. The van der Waals surface area contributed by atoms with Crippen LogP contribution in [0.25, 0.3) is 5.65 Å². The standard InChI is InChI=1S/C13H11ClN4O.ClH/c1-9-6-12(19)13-17(15-8-18(13)16-9)7-10-2-4-11(14)5-3-10;/h2-6,8H,7H2,1H3;1H. The summed E-state index contributed by atoms with van der Waals surface area (Å²) < 4.78 is 3.30. The number of fused-ring (bicyclic) bond motifs is 1. The summed E-state index contributed by atoms with van der Waals surface area (Å²) in [4.78, 5) is 12.0. The lowest BCUT2D eigenvalue weighted by atomic mass is 10.2. The van der Waals surface area contributed by atoms with Crippen molar-refractivity contribution in [2.45, 2.75) is 13.5 Å². The van der Waals surface area contributed by atoms with Crippen molar-refractivity contribution in [3.63, 3.8) is 0 Å². The van der Waals surface area contributed by atoms with Crippen LogP contribution in [-0.2, 0) is 6.54 Å². The number of halogens is 2. The van der Waals surface area contributed by atoms with E-state index in [1.54, 1.807) is 21.6 Å². The zero-order valence-corrected chi connectivity index (χ0v) is 12.2. The predicted molar refractivity (Wildman–Crippen MR) is 71.3 cm³/mol. The van der Waals surface area contributed by atoms with Crippen molar-refractivity contribution < 1.29 is 16.9 Å². The molecular formula is C13H12Cl2N4O. The molecule has 104 valence electrons. The molecule has 0 radical (unpaired) electrons. The number of benzene rings is 1. The lowest BCUT2D eigenvalue weighted by Gasteiger charge is -1.97. The van der Waals surface area contributed by atoms with Gasteiger partial charge in [0.25, 0.3) is 11.8 Å². The molecule has 2 aromatic heterocycles. The molecule has 0 aliphatic heterocycles. The Hall–Kier alpha value is -1.85. The van der Waals surface area contributed by atoms with Crippen LogP contribution >= 0.6 is 11.6 Å². The average molecular weight is 311 g/mol. The minimum Gasteiger partial charge on any atom is -1.00 e. The summed E-state index contributed by atoms with van der Waals surface area (Å²) in [5, 5.41) is 7.98. The summed E-state index contributed by atoms with van der Waals surface area (Å²) in [7, 11) is 0. The van der Waals surface area contributed by atoms with Gasteiger partial charge in [-0.25, -0.2) is 5.10 Å². The van der Waals surface area contributed by atoms with Crippen molar-refractivity contribution in [2.75, 3.05) is 0 Å². The van der Waals surface area contributed by atoms with Gasteiger partial charge in [-0.15, -0.1) is 4.52 Å². The maximum Gasteiger partial charge on any atom is 0.331 e. The molecule has 3 rings (SSSR count). The van der Waals surface area contributed by atoms with Crippen molar-refractivity contribution >= 4 is 17.2 Å². The summed E-state index contributed by atoms with van der Waals surface area (Å²) in [5.41, 5.74) is 2.30. The van der Waals surface area contributed by atoms with Gasteiger partial charge in [0.05, 0.1) is 0 Å². The molecule has 0 bridgehead atoms. The maximum absolute atomic E-state index is 12.0. The van der Waals surface area contributed by atoms with E-state index in [-0.39, 0.29) is 17.8 Å². The van der Waals surface area contributed by atoms with E-state index >= 15 is 0 Å². The molecule has 0 atom stereocenters. The van der Waals surface area contributed by atoms with Crippen LogP contribution in [0.5, 0.6) is 0 Å². The number of aromatic amines is 1. The largest absolute Gasteiger partial charge is 1.00 e. The molecule has 2 heterocycles.